The first-order valence-corrected chi connectivity index (χ1v) is 5.37. The smallest absolute Gasteiger partial charge is 0.131 e. The Balaban J connectivity index is 2.37. The van der Waals surface area contributed by atoms with Gasteiger partial charge in [0.2, 0.25) is 0 Å². The van der Waals surface area contributed by atoms with Crippen molar-refractivity contribution in [2.45, 2.75) is 0 Å². The molecule has 0 aliphatic carbocycles. The maximum atomic E-state index is 13.8. The fraction of sp³-hybridized carbons (Fsp3) is 0. The van der Waals surface area contributed by atoms with Crippen molar-refractivity contribution < 1.29 is 4.39 Å². The fourth-order valence-corrected chi connectivity index (χ4v) is 2.09. The summed E-state index contributed by atoms with van der Waals surface area (Å²) in [6.07, 6.45) is 1.83. The van der Waals surface area contributed by atoms with Crippen molar-refractivity contribution in [2.24, 2.45) is 0 Å². The van der Waals surface area contributed by atoms with Gasteiger partial charge in [0.05, 0.1) is 5.52 Å². The summed E-state index contributed by atoms with van der Waals surface area (Å²) in [7, 11) is 0. The molecule has 2 nitrogen and oxygen atoms in total. The summed E-state index contributed by atoms with van der Waals surface area (Å²) in [5, 5.41) is 0.989. The third kappa shape index (κ3) is 1.56. The van der Waals surface area contributed by atoms with E-state index in [1.165, 1.54) is 6.07 Å². The molecule has 0 saturated heterocycles. The fourth-order valence-electron chi connectivity index (χ4n) is 2.09. The van der Waals surface area contributed by atoms with Gasteiger partial charge in [0.25, 0.3) is 0 Å². The van der Waals surface area contributed by atoms with Gasteiger partial charge >= 0.3 is 0 Å². The number of nitrogens with two attached hydrogens (primary N) is 1. The van der Waals surface area contributed by atoms with E-state index in [4.69, 9.17) is 5.73 Å². The van der Waals surface area contributed by atoms with Crippen molar-refractivity contribution in [2.75, 3.05) is 5.73 Å². The van der Waals surface area contributed by atoms with Gasteiger partial charge in [-0.3, -0.25) is 0 Å². The Kier molecular flexibility index (Phi) is 2.11. The van der Waals surface area contributed by atoms with E-state index in [9.17, 15) is 4.39 Å². The molecule has 0 fully saturated rings. The second-order valence-corrected chi connectivity index (χ2v) is 3.99. The lowest BCUT2D eigenvalue weighted by Gasteiger charge is -2.06. The lowest BCUT2D eigenvalue weighted by atomic mass is 10.0. The van der Waals surface area contributed by atoms with Crippen LogP contribution in [0.3, 0.4) is 0 Å². The van der Waals surface area contributed by atoms with Gasteiger partial charge in [-0.1, -0.05) is 18.2 Å². The monoisotopic (exact) mass is 226 g/mol. The SMILES string of the molecule is Nc1cc(-c2ccccc2F)c2[nH]ccc2c1. The minimum absolute atomic E-state index is 0.242. The Hall–Kier alpha value is -2.29. The molecule has 3 N–H and O–H groups in total. The summed E-state index contributed by atoms with van der Waals surface area (Å²) in [6.45, 7) is 0. The highest BCUT2D eigenvalue weighted by Gasteiger charge is 2.09. The number of halogens is 1. The number of rotatable bonds is 1. The summed E-state index contributed by atoms with van der Waals surface area (Å²) in [6, 6.07) is 12.3. The summed E-state index contributed by atoms with van der Waals surface area (Å²) < 4.78 is 13.8. The van der Waals surface area contributed by atoms with Crippen LogP contribution in [0.25, 0.3) is 22.0 Å². The molecule has 0 aliphatic rings. The third-order valence-electron chi connectivity index (χ3n) is 2.85. The first-order chi connectivity index (χ1) is 8.25. The van der Waals surface area contributed by atoms with Crippen LogP contribution >= 0.6 is 0 Å². The zero-order valence-electron chi connectivity index (χ0n) is 9.07. The van der Waals surface area contributed by atoms with Gasteiger partial charge < -0.3 is 10.7 Å². The number of aromatic amines is 1. The molecule has 0 spiro atoms. The third-order valence-corrected chi connectivity index (χ3v) is 2.85. The molecule has 3 rings (SSSR count). The van der Waals surface area contributed by atoms with Crippen LogP contribution in [0.1, 0.15) is 0 Å². The maximum absolute atomic E-state index is 13.8. The van der Waals surface area contributed by atoms with Crippen molar-refractivity contribution in [1.29, 1.82) is 0 Å². The Morgan fingerprint density at radius 1 is 1.00 bits per heavy atom. The number of hydrogen-bond donors (Lipinski definition) is 2. The highest BCUT2D eigenvalue weighted by molar-refractivity contribution is 5.96. The normalized spacial score (nSPS) is 10.9. The number of hydrogen-bond acceptors (Lipinski definition) is 1. The van der Waals surface area contributed by atoms with E-state index >= 15 is 0 Å². The standard InChI is InChI=1S/C14H11FN2/c15-13-4-2-1-3-11(13)12-8-10(16)7-9-5-6-17-14(9)12/h1-8,17H,16H2. The van der Waals surface area contributed by atoms with Crippen LogP contribution in [0, 0.1) is 5.82 Å². The molecular weight excluding hydrogens is 215 g/mol. The number of nitrogens with one attached hydrogen (secondary N) is 1. The van der Waals surface area contributed by atoms with E-state index in [0.29, 0.717) is 11.3 Å². The lowest BCUT2D eigenvalue weighted by Crippen LogP contribution is -1.89. The number of anilines is 1. The molecule has 0 saturated carbocycles. The molecule has 1 aromatic heterocycles. The summed E-state index contributed by atoms with van der Waals surface area (Å²) in [5.41, 5.74) is 8.73. The largest absolute Gasteiger partial charge is 0.399 e. The topological polar surface area (TPSA) is 41.8 Å². The summed E-state index contributed by atoms with van der Waals surface area (Å²) >= 11 is 0. The molecular formula is C14H11FN2. The summed E-state index contributed by atoms with van der Waals surface area (Å²) in [5.74, 6) is -0.242. The van der Waals surface area contributed by atoms with Gasteiger partial charge in [0.15, 0.2) is 0 Å². The van der Waals surface area contributed by atoms with E-state index in [0.717, 1.165) is 16.5 Å². The van der Waals surface area contributed by atoms with E-state index in [1.807, 2.05) is 24.4 Å². The molecule has 0 atom stereocenters. The van der Waals surface area contributed by atoms with Gasteiger partial charge in [0, 0.05) is 28.4 Å². The van der Waals surface area contributed by atoms with Crippen LogP contribution in [-0.4, -0.2) is 4.98 Å². The molecule has 17 heavy (non-hydrogen) atoms. The van der Waals surface area contributed by atoms with E-state index < -0.39 is 0 Å². The van der Waals surface area contributed by atoms with Crippen LogP contribution in [0.15, 0.2) is 48.7 Å². The molecule has 84 valence electrons. The molecule has 3 heteroatoms. The molecule has 1 heterocycles. The molecule has 2 aromatic carbocycles. The first kappa shape index (κ1) is 9.90. The lowest BCUT2D eigenvalue weighted by molar-refractivity contribution is 0.631. The minimum Gasteiger partial charge on any atom is -0.399 e. The molecule has 0 radical (unpaired) electrons. The molecule has 3 aromatic rings. The van der Waals surface area contributed by atoms with Crippen LogP contribution in [-0.2, 0) is 0 Å². The van der Waals surface area contributed by atoms with Crippen LogP contribution in [0.2, 0.25) is 0 Å². The zero-order valence-corrected chi connectivity index (χ0v) is 9.07. The van der Waals surface area contributed by atoms with Gasteiger partial charge in [-0.2, -0.15) is 0 Å². The van der Waals surface area contributed by atoms with Gasteiger partial charge in [-0.15, -0.1) is 0 Å². The second kappa shape index (κ2) is 3.63. The average molecular weight is 226 g/mol. The summed E-state index contributed by atoms with van der Waals surface area (Å²) in [4.78, 5) is 3.12. The number of fused-ring (bicyclic) bond motifs is 1. The average Bonchev–Trinajstić information content (AvgIpc) is 2.76. The number of aromatic nitrogens is 1. The second-order valence-electron chi connectivity index (χ2n) is 3.99. The predicted molar refractivity (Wildman–Crippen MR) is 68.1 cm³/mol. The molecule has 0 bridgehead atoms. The molecule has 0 amide bonds. The van der Waals surface area contributed by atoms with Gasteiger partial charge in [-0.25, -0.2) is 4.39 Å². The highest BCUT2D eigenvalue weighted by Crippen LogP contribution is 2.31. The van der Waals surface area contributed by atoms with Gasteiger partial charge in [-0.05, 0) is 24.3 Å². The Morgan fingerprint density at radius 2 is 1.82 bits per heavy atom. The maximum Gasteiger partial charge on any atom is 0.131 e. The van der Waals surface area contributed by atoms with Crippen molar-refractivity contribution in [3.63, 3.8) is 0 Å². The highest BCUT2D eigenvalue weighted by atomic mass is 19.1. The zero-order chi connectivity index (χ0) is 11.8. The van der Waals surface area contributed by atoms with E-state index in [2.05, 4.69) is 4.98 Å². The van der Waals surface area contributed by atoms with Crippen molar-refractivity contribution >= 4 is 16.6 Å². The van der Waals surface area contributed by atoms with E-state index in [-0.39, 0.29) is 5.82 Å². The van der Waals surface area contributed by atoms with Crippen molar-refractivity contribution in [3.05, 3.63) is 54.5 Å². The number of nitrogen functional groups attached to an aromatic ring is 1. The van der Waals surface area contributed by atoms with Crippen LogP contribution < -0.4 is 5.73 Å². The Labute approximate surface area is 97.9 Å². The Bertz CT molecular complexity index is 686. The van der Waals surface area contributed by atoms with Crippen molar-refractivity contribution in [1.82, 2.24) is 4.98 Å². The number of benzene rings is 2. The van der Waals surface area contributed by atoms with Gasteiger partial charge in [0.1, 0.15) is 5.82 Å². The molecule has 0 unspecified atom stereocenters. The van der Waals surface area contributed by atoms with E-state index in [1.54, 1.807) is 18.2 Å². The number of H-pyrrole nitrogens is 1. The first-order valence-electron chi connectivity index (χ1n) is 5.37. The predicted octanol–water partition coefficient (Wildman–Crippen LogP) is 3.56. The quantitative estimate of drug-likeness (QED) is 0.612. The van der Waals surface area contributed by atoms with Crippen LogP contribution in [0.5, 0.6) is 0 Å². The Morgan fingerprint density at radius 3 is 2.65 bits per heavy atom. The minimum atomic E-state index is -0.242. The molecule has 0 aliphatic heterocycles. The van der Waals surface area contributed by atoms with Crippen molar-refractivity contribution in [3.8, 4) is 11.1 Å². The van der Waals surface area contributed by atoms with Crippen LogP contribution in [0.4, 0.5) is 10.1 Å².